The largest absolute Gasteiger partial charge is 0.497 e. The summed E-state index contributed by atoms with van der Waals surface area (Å²) in [5.41, 5.74) is -0.00876. The first-order valence-electron chi connectivity index (χ1n) is 6.14. The molecule has 0 radical (unpaired) electrons. The number of ether oxygens (including phenoxy) is 3. The molecule has 0 bridgehead atoms. The molecule has 100 valence electrons. The van der Waals surface area contributed by atoms with E-state index in [4.69, 9.17) is 14.2 Å². The summed E-state index contributed by atoms with van der Waals surface area (Å²) in [5, 5.41) is 0. The van der Waals surface area contributed by atoms with Gasteiger partial charge in [0.15, 0.2) is 0 Å². The molecule has 1 unspecified atom stereocenters. The fraction of sp³-hybridized carbons (Fsp3) is 0.571. The summed E-state index contributed by atoms with van der Waals surface area (Å²) in [6.07, 6.45) is 2.33. The minimum atomic E-state index is -0.00876. The number of methoxy groups -OCH3 is 1. The van der Waals surface area contributed by atoms with Crippen LogP contribution in [0.25, 0.3) is 0 Å². The minimum absolute atomic E-state index is 0.00876. The summed E-state index contributed by atoms with van der Waals surface area (Å²) >= 11 is 3.47. The molecule has 1 atom stereocenters. The molecule has 1 aromatic rings. The van der Waals surface area contributed by atoms with Crippen LogP contribution in [0.15, 0.2) is 22.7 Å². The monoisotopic (exact) mass is 314 g/mol. The quantitative estimate of drug-likeness (QED) is 0.846. The summed E-state index contributed by atoms with van der Waals surface area (Å²) < 4.78 is 17.7. The Balaban J connectivity index is 1.91. The molecule has 4 heteroatoms. The summed E-state index contributed by atoms with van der Waals surface area (Å²) in [4.78, 5) is 0. The average Bonchev–Trinajstić information content (AvgIpc) is 2.67. The lowest BCUT2D eigenvalue weighted by Crippen LogP contribution is -2.23. The first-order valence-corrected chi connectivity index (χ1v) is 6.94. The zero-order valence-electron chi connectivity index (χ0n) is 11.0. The van der Waals surface area contributed by atoms with E-state index >= 15 is 0 Å². The Morgan fingerprint density at radius 3 is 2.78 bits per heavy atom. The topological polar surface area (TPSA) is 27.7 Å². The Bertz CT molecular complexity index is 418. The Kier molecular flexibility index (Phi) is 4.17. The molecule has 1 aromatic carbocycles. The molecule has 1 aliphatic rings. The van der Waals surface area contributed by atoms with Gasteiger partial charge >= 0.3 is 0 Å². The molecule has 0 aliphatic carbocycles. The van der Waals surface area contributed by atoms with Crippen molar-refractivity contribution in [3.8, 4) is 11.5 Å². The summed E-state index contributed by atoms with van der Waals surface area (Å²) in [5.74, 6) is 1.64. The van der Waals surface area contributed by atoms with E-state index in [1.165, 1.54) is 0 Å². The van der Waals surface area contributed by atoms with Gasteiger partial charge in [-0.1, -0.05) is 0 Å². The average molecular weight is 315 g/mol. The summed E-state index contributed by atoms with van der Waals surface area (Å²) in [7, 11) is 1.65. The molecular formula is C14H19BrO3. The third kappa shape index (κ3) is 3.39. The van der Waals surface area contributed by atoms with Crippen LogP contribution in [0.4, 0.5) is 0 Å². The molecule has 3 nitrogen and oxygen atoms in total. The van der Waals surface area contributed by atoms with Gasteiger partial charge in [0.2, 0.25) is 0 Å². The van der Waals surface area contributed by atoms with E-state index in [1.807, 2.05) is 18.2 Å². The molecule has 0 N–H and O–H groups in total. The van der Waals surface area contributed by atoms with Crippen LogP contribution >= 0.6 is 15.9 Å². The van der Waals surface area contributed by atoms with Crippen molar-refractivity contribution in [2.24, 2.45) is 0 Å². The number of hydrogen-bond donors (Lipinski definition) is 0. The van der Waals surface area contributed by atoms with Crippen molar-refractivity contribution in [2.75, 3.05) is 13.7 Å². The van der Waals surface area contributed by atoms with Crippen LogP contribution in [0.5, 0.6) is 11.5 Å². The van der Waals surface area contributed by atoms with Crippen molar-refractivity contribution in [1.82, 2.24) is 0 Å². The molecule has 0 spiro atoms. The van der Waals surface area contributed by atoms with Gasteiger partial charge in [-0.15, -0.1) is 0 Å². The maximum absolute atomic E-state index is 5.89. The highest BCUT2D eigenvalue weighted by Gasteiger charge is 2.31. The van der Waals surface area contributed by atoms with Gasteiger partial charge in [-0.3, -0.25) is 0 Å². The van der Waals surface area contributed by atoms with Gasteiger partial charge in [-0.25, -0.2) is 0 Å². The SMILES string of the molecule is COc1ccc(OCC2CCC(C)(C)O2)c(Br)c1. The van der Waals surface area contributed by atoms with Crippen LogP contribution in [0.2, 0.25) is 0 Å². The van der Waals surface area contributed by atoms with Crippen LogP contribution in [0.1, 0.15) is 26.7 Å². The standard InChI is InChI=1S/C14H19BrO3/c1-14(2)7-6-11(18-14)9-17-13-5-4-10(16-3)8-12(13)15/h4-5,8,11H,6-7,9H2,1-3H3. The van der Waals surface area contributed by atoms with Gasteiger partial charge in [0.25, 0.3) is 0 Å². The highest BCUT2D eigenvalue weighted by molar-refractivity contribution is 9.10. The van der Waals surface area contributed by atoms with Crippen LogP contribution in [0, 0.1) is 0 Å². The molecule has 0 saturated carbocycles. The Hall–Kier alpha value is -0.740. The first-order chi connectivity index (χ1) is 8.50. The Morgan fingerprint density at radius 1 is 1.44 bits per heavy atom. The van der Waals surface area contributed by atoms with Crippen molar-refractivity contribution < 1.29 is 14.2 Å². The second kappa shape index (κ2) is 5.49. The maximum Gasteiger partial charge on any atom is 0.133 e. The molecule has 1 fully saturated rings. The van der Waals surface area contributed by atoms with Crippen molar-refractivity contribution in [3.63, 3.8) is 0 Å². The highest BCUT2D eigenvalue weighted by atomic mass is 79.9. The van der Waals surface area contributed by atoms with E-state index in [1.54, 1.807) is 7.11 Å². The zero-order chi connectivity index (χ0) is 13.2. The molecule has 1 saturated heterocycles. The van der Waals surface area contributed by atoms with E-state index in [-0.39, 0.29) is 11.7 Å². The van der Waals surface area contributed by atoms with Gasteiger partial charge in [-0.05, 0) is 60.8 Å². The van der Waals surface area contributed by atoms with E-state index in [0.29, 0.717) is 6.61 Å². The zero-order valence-corrected chi connectivity index (χ0v) is 12.6. The van der Waals surface area contributed by atoms with E-state index in [2.05, 4.69) is 29.8 Å². The van der Waals surface area contributed by atoms with Crippen LogP contribution in [0.3, 0.4) is 0 Å². The second-order valence-corrected chi connectivity index (χ2v) is 6.00. The van der Waals surface area contributed by atoms with E-state index in [0.717, 1.165) is 28.8 Å². The highest BCUT2D eigenvalue weighted by Crippen LogP contribution is 2.32. The number of halogens is 1. The molecule has 1 aliphatic heterocycles. The van der Waals surface area contributed by atoms with E-state index in [9.17, 15) is 0 Å². The molecule has 1 heterocycles. The second-order valence-electron chi connectivity index (χ2n) is 5.15. The number of rotatable bonds is 4. The van der Waals surface area contributed by atoms with Gasteiger partial charge in [0.1, 0.15) is 18.1 Å². The molecule has 2 rings (SSSR count). The Morgan fingerprint density at radius 2 is 2.22 bits per heavy atom. The molecular weight excluding hydrogens is 296 g/mol. The van der Waals surface area contributed by atoms with Gasteiger partial charge in [0.05, 0.1) is 23.3 Å². The Labute approximate surface area is 117 Å². The predicted molar refractivity (Wildman–Crippen MR) is 74.4 cm³/mol. The smallest absolute Gasteiger partial charge is 0.133 e. The maximum atomic E-state index is 5.89. The fourth-order valence-corrected chi connectivity index (χ4v) is 2.58. The summed E-state index contributed by atoms with van der Waals surface area (Å²) in [6.45, 7) is 4.83. The van der Waals surface area contributed by atoms with Crippen molar-refractivity contribution >= 4 is 15.9 Å². The van der Waals surface area contributed by atoms with Crippen LogP contribution < -0.4 is 9.47 Å². The third-order valence-electron chi connectivity index (χ3n) is 3.12. The minimum Gasteiger partial charge on any atom is -0.497 e. The van der Waals surface area contributed by atoms with Gasteiger partial charge in [0, 0.05) is 0 Å². The van der Waals surface area contributed by atoms with Gasteiger partial charge < -0.3 is 14.2 Å². The fourth-order valence-electron chi connectivity index (χ4n) is 2.10. The molecule has 0 amide bonds. The van der Waals surface area contributed by atoms with Crippen molar-refractivity contribution in [1.29, 1.82) is 0 Å². The third-order valence-corrected chi connectivity index (χ3v) is 3.74. The normalized spacial score (nSPS) is 21.9. The molecule has 0 aromatic heterocycles. The van der Waals surface area contributed by atoms with Gasteiger partial charge in [-0.2, -0.15) is 0 Å². The summed E-state index contributed by atoms with van der Waals surface area (Å²) in [6, 6.07) is 5.69. The van der Waals surface area contributed by atoms with Crippen LogP contribution in [-0.2, 0) is 4.74 Å². The predicted octanol–water partition coefficient (Wildman–Crippen LogP) is 3.79. The lowest BCUT2D eigenvalue weighted by molar-refractivity contribution is -0.0327. The van der Waals surface area contributed by atoms with Crippen molar-refractivity contribution in [2.45, 2.75) is 38.4 Å². The molecule has 18 heavy (non-hydrogen) atoms. The number of hydrogen-bond acceptors (Lipinski definition) is 3. The lowest BCUT2D eigenvalue weighted by atomic mass is 10.1. The van der Waals surface area contributed by atoms with Crippen molar-refractivity contribution in [3.05, 3.63) is 22.7 Å². The first kappa shape index (κ1) is 13.7. The van der Waals surface area contributed by atoms with E-state index < -0.39 is 0 Å². The number of benzene rings is 1. The van der Waals surface area contributed by atoms with Crippen LogP contribution in [-0.4, -0.2) is 25.4 Å². The lowest BCUT2D eigenvalue weighted by Gasteiger charge is -2.19.